The summed E-state index contributed by atoms with van der Waals surface area (Å²) in [6.07, 6.45) is 0.750. The lowest BCUT2D eigenvalue weighted by Gasteiger charge is -2.13. The Morgan fingerprint density at radius 3 is 2.57 bits per heavy atom. The number of nitrogens with two attached hydrogens (primary N) is 1. The number of nitrogens with one attached hydrogen (secondary N) is 1. The molecular weight excluding hydrogens is 268 g/mol. The van der Waals surface area contributed by atoms with E-state index in [1.54, 1.807) is 7.11 Å². The van der Waals surface area contributed by atoms with Crippen LogP contribution in [0.4, 0.5) is 0 Å². The third-order valence-electron chi connectivity index (χ3n) is 2.85. The fraction of sp³-hybridized carbons (Fsp3) is 0.562. The van der Waals surface area contributed by atoms with Gasteiger partial charge in [-0.15, -0.1) is 0 Å². The van der Waals surface area contributed by atoms with Crippen molar-refractivity contribution in [1.82, 2.24) is 5.32 Å². The van der Waals surface area contributed by atoms with Crippen LogP contribution >= 0.6 is 0 Å². The maximum absolute atomic E-state index is 11.7. The Kier molecular flexibility index (Phi) is 7.02. The van der Waals surface area contributed by atoms with Gasteiger partial charge >= 0.3 is 0 Å². The van der Waals surface area contributed by atoms with Crippen molar-refractivity contribution in [2.75, 3.05) is 20.3 Å². The molecule has 1 unspecified atom stereocenters. The van der Waals surface area contributed by atoms with Gasteiger partial charge in [0, 0.05) is 12.6 Å². The molecule has 1 aromatic rings. The molecule has 1 amide bonds. The normalized spacial score (nSPS) is 12.1. The highest BCUT2D eigenvalue weighted by Gasteiger charge is 2.10. The van der Waals surface area contributed by atoms with Crippen LogP contribution in [0.1, 0.15) is 26.3 Å². The fourth-order valence-electron chi connectivity index (χ4n) is 1.84. The van der Waals surface area contributed by atoms with E-state index in [2.05, 4.69) is 5.32 Å². The van der Waals surface area contributed by atoms with Crippen LogP contribution < -0.4 is 20.5 Å². The number of hydrogen-bond donors (Lipinski definition) is 2. The third-order valence-corrected chi connectivity index (χ3v) is 2.85. The average molecular weight is 294 g/mol. The van der Waals surface area contributed by atoms with Crippen LogP contribution in [0.15, 0.2) is 18.2 Å². The van der Waals surface area contributed by atoms with Gasteiger partial charge in [-0.2, -0.15) is 0 Å². The highest BCUT2D eigenvalue weighted by atomic mass is 16.5. The van der Waals surface area contributed by atoms with Gasteiger partial charge in [-0.1, -0.05) is 19.9 Å². The molecule has 0 aromatic heterocycles. The van der Waals surface area contributed by atoms with Gasteiger partial charge in [-0.25, -0.2) is 0 Å². The second-order valence-corrected chi connectivity index (χ2v) is 5.65. The molecule has 1 atom stereocenters. The van der Waals surface area contributed by atoms with E-state index in [1.165, 1.54) is 0 Å². The number of benzene rings is 1. The van der Waals surface area contributed by atoms with Crippen molar-refractivity contribution in [3.63, 3.8) is 0 Å². The molecule has 0 aliphatic heterocycles. The molecular formula is C16H26N2O3. The van der Waals surface area contributed by atoms with Gasteiger partial charge in [0.05, 0.1) is 7.11 Å². The molecule has 1 aromatic carbocycles. The summed E-state index contributed by atoms with van der Waals surface area (Å²) >= 11 is 0. The zero-order valence-corrected chi connectivity index (χ0v) is 13.3. The molecule has 5 heteroatoms. The Balaban J connectivity index is 2.65. The molecule has 0 spiro atoms. The summed E-state index contributed by atoms with van der Waals surface area (Å²) in [5.74, 6) is 1.46. The number of hydrogen-bond acceptors (Lipinski definition) is 4. The summed E-state index contributed by atoms with van der Waals surface area (Å²) in [4.78, 5) is 11.7. The first-order valence-electron chi connectivity index (χ1n) is 7.24. The van der Waals surface area contributed by atoms with E-state index in [9.17, 15) is 4.79 Å². The molecule has 0 aliphatic carbocycles. The van der Waals surface area contributed by atoms with E-state index in [1.807, 2.05) is 39.0 Å². The first-order valence-corrected chi connectivity index (χ1v) is 7.24. The minimum Gasteiger partial charge on any atom is -0.493 e. The predicted octanol–water partition coefficient (Wildman–Crippen LogP) is 1.74. The molecule has 0 bridgehead atoms. The topological polar surface area (TPSA) is 73.6 Å². The summed E-state index contributed by atoms with van der Waals surface area (Å²) in [5.41, 5.74) is 6.86. The molecule has 0 aliphatic rings. The Morgan fingerprint density at radius 1 is 1.29 bits per heavy atom. The fourth-order valence-corrected chi connectivity index (χ4v) is 1.84. The third kappa shape index (κ3) is 6.49. The molecule has 0 heterocycles. The summed E-state index contributed by atoms with van der Waals surface area (Å²) in [7, 11) is 1.58. The number of carbonyl (C=O) groups is 1. The number of methoxy groups -OCH3 is 1. The standard InChI is InChI=1S/C16H26N2O3/c1-11(2)9-18-16(19)10-21-15-8-13(7-12(3)17)5-6-14(15)20-4/h5-6,8,11-12H,7,9-10,17H2,1-4H3,(H,18,19). The predicted molar refractivity (Wildman–Crippen MR) is 83.7 cm³/mol. The van der Waals surface area contributed by atoms with Gasteiger partial charge in [-0.3, -0.25) is 4.79 Å². The Bertz CT molecular complexity index is 459. The Morgan fingerprint density at radius 2 is 2.00 bits per heavy atom. The zero-order valence-electron chi connectivity index (χ0n) is 13.3. The smallest absolute Gasteiger partial charge is 0.257 e. The van der Waals surface area contributed by atoms with Crippen LogP contribution in [-0.2, 0) is 11.2 Å². The molecule has 3 N–H and O–H groups in total. The number of amides is 1. The molecule has 0 saturated carbocycles. The van der Waals surface area contributed by atoms with Gasteiger partial charge in [0.1, 0.15) is 0 Å². The van der Waals surface area contributed by atoms with Gasteiger partial charge in [0.2, 0.25) is 0 Å². The van der Waals surface area contributed by atoms with Crippen molar-refractivity contribution < 1.29 is 14.3 Å². The Labute approximate surface area is 126 Å². The Hall–Kier alpha value is -1.75. The largest absolute Gasteiger partial charge is 0.493 e. The highest BCUT2D eigenvalue weighted by Crippen LogP contribution is 2.28. The summed E-state index contributed by atoms with van der Waals surface area (Å²) < 4.78 is 10.8. The number of ether oxygens (including phenoxy) is 2. The van der Waals surface area contributed by atoms with Crippen LogP contribution in [0.3, 0.4) is 0 Å². The van der Waals surface area contributed by atoms with Crippen LogP contribution in [0.5, 0.6) is 11.5 Å². The van der Waals surface area contributed by atoms with Crippen LogP contribution in [0.2, 0.25) is 0 Å². The molecule has 21 heavy (non-hydrogen) atoms. The lowest BCUT2D eigenvalue weighted by atomic mass is 10.1. The second kappa shape index (κ2) is 8.52. The van der Waals surface area contributed by atoms with E-state index >= 15 is 0 Å². The minimum atomic E-state index is -0.136. The maximum atomic E-state index is 11.7. The van der Waals surface area contributed by atoms with Crippen molar-refractivity contribution >= 4 is 5.91 Å². The summed E-state index contributed by atoms with van der Waals surface area (Å²) in [6, 6.07) is 5.73. The lowest BCUT2D eigenvalue weighted by Crippen LogP contribution is -2.31. The van der Waals surface area contributed by atoms with Crippen molar-refractivity contribution in [3.8, 4) is 11.5 Å². The monoisotopic (exact) mass is 294 g/mol. The maximum Gasteiger partial charge on any atom is 0.257 e. The quantitative estimate of drug-likeness (QED) is 0.766. The van der Waals surface area contributed by atoms with E-state index in [4.69, 9.17) is 15.2 Å². The molecule has 5 nitrogen and oxygen atoms in total. The van der Waals surface area contributed by atoms with Crippen LogP contribution in [-0.4, -0.2) is 32.2 Å². The SMILES string of the molecule is COc1ccc(CC(C)N)cc1OCC(=O)NCC(C)C. The minimum absolute atomic E-state index is 0.0231. The molecule has 0 radical (unpaired) electrons. The van der Waals surface area contributed by atoms with Crippen molar-refractivity contribution in [1.29, 1.82) is 0 Å². The first kappa shape index (κ1) is 17.3. The van der Waals surface area contributed by atoms with Crippen LogP contribution in [0.25, 0.3) is 0 Å². The molecule has 0 saturated heterocycles. The summed E-state index contributed by atoms with van der Waals surface area (Å²) in [6.45, 7) is 6.65. The van der Waals surface area contributed by atoms with E-state index < -0.39 is 0 Å². The second-order valence-electron chi connectivity index (χ2n) is 5.65. The lowest BCUT2D eigenvalue weighted by molar-refractivity contribution is -0.123. The first-order chi connectivity index (χ1) is 9.92. The van der Waals surface area contributed by atoms with Gasteiger partial charge in [0.25, 0.3) is 5.91 Å². The summed E-state index contributed by atoms with van der Waals surface area (Å²) in [5, 5.41) is 2.81. The molecule has 1 rings (SSSR count). The van der Waals surface area contributed by atoms with Gasteiger partial charge in [0.15, 0.2) is 18.1 Å². The number of carbonyl (C=O) groups excluding carboxylic acids is 1. The molecule has 118 valence electrons. The van der Waals surface area contributed by atoms with Crippen molar-refractivity contribution in [2.24, 2.45) is 11.7 Å². The van der Waals surface area contributed by atoms with E-state index in [-0.39, 0.29) is 18.6 Å². The zero-order chi connectivity index (χ0) is 15.8. The van der Waals surface area contributed by atoms with E-state index in [0.29, 0.717) is 24.0 Å². The van der Waals surface area contributed by atoms with Crippen molar-refractivity contribution in [3.05, 3.63) is 23.8 Å². The van der Waals surface area contributed by atoms with E-state index in [0.717, 1.165) is 12.0 Å². The number of rotatable bonds is 8. The van der Waals surface area contributed by atoms with Crippen molar-refractivity contribution in [2.45, 2.75) is 33.2 Å². The van der Waals surface area contributed by atoms with Gasteiger partial charge < -0.3 is 20.5 Å². The molecule has 0 fully saturated rings. The van der Waals surface area contributed by atoms with Crippen LogP contribution in [0, 0.1) is 5.92 Å². The average Bonchev–Trinajstić information content (AvgIpc) is 2.42. The highest BCUT2D eigenvalue weighted by molar-refractivity contribution is 5.77. The van der Waals surface area contributed by atoms with Gasteiger partial charge in [-0.05, 0) is 37.0 Å².